The quantitative estimate of drug-likeness (QED) is 0.693. The van der Waals surface area contributed by atoms with Crippen molar-refractivity contribution in [3.63, 3.8) is 0 Å². The smallest absolute Gasteiger partial charge is 0.573 e. The van der Waals surface area contributed by atoms with Crippen molar-refractivity contribution in [3.8, 4) is 5.75 Å². The predicted octanol–water partition coefficient (Wildman–Crippen LogP) is 4.29. The summed E-state index contributed by atoms with van der Waals surface area (Å²) in [6.07, 6.45) is -4.30. The zero-order valence-electron chi connectivity index (χ0n) is 14.7. The normalized spacial score (nSPS) is 19.8. The van der Waals surface area contributed by atoms with Gasteiger partial charge in [0.25, 0.3) is 0 Å². The minimum atomic E-state index is -4.80. The molecule has 28 heavy (non-hydrogen) atoms. The Morgan fingerprint density at radius 1 is 1.39 bits per heavy atom. The first kappa shape index (κ1) is 19.7. The summed E-state index contributed by atoms with van der Waals surface area (Å²) in [6, 6.07) is 6.08. The van der Waals surface area contributed by atoms with Crippen molar-refractivity contribution in [3.05, 3.63) is 35.2 Å². The van der Waals surface area contributed by atoms with Crippen molar-refractivity contribution in [2.24, 2.45) is 4.99 Å². The summed E-state index contributed by atoms with van der Waals surface area (Å²) in [5, 5.41) is 6.11. The Morgan fingerprint density at radius 2 is 2.21 bits per heavy atom. The molecule has 3 heterocycles. The van der Waals surface area contributed by atoms with Gasteiger partial charge in [0.2, 0.25) is 4.21 Å². The van der Waals surface area contributed by atoms with Gasteiger partial charge in [-0.3, -0.25) is 4.99 Å². The third kappa shape index (κ3) is 4.07. The molecule has 0 bridgehead atoms. The molecule has 2 atom stereocenters. The predicted molar refractivity (Wildman–Crippen MR) is 108 cm³/mol. The van der Waals surface area contributed by atoms with E-state index < -0.39 is 17.7 Å². The molecule has 0 radical (unpaired) electrons. The summed E-state index contributed by atoms with van der Waals surface area (Å²) in [7, 11) is 1.60. The van der Waals surface area contributed by atoms with E-state index in [-0.39, 0.29) is 11.8 Å². The molecule has 1 aromatic carbocycles. The number of nitrogens with one attached hydrogen (secondary N) is 1. The highest BCUT2D eigenvalue weighted by molar-refractivity contribution is 8.14. The van der Waals surface area contributed by atoms with Crippen LogP contribution in [0.1, 0.15) is 5.56 Å². The molecule has 0 saturated carbocycles. The van der Waals surface area contributed by atoms with Crippen LogP contribution in [0.25, 0.3) is 0 Å². The first-order valence-corrected chi connectivity index (χ1v) is 11.3. The Balaban J connectivity index is 1.70. The molecule has 0 aliphatic carbocycles. The van der Waals surface area contributed by atoms with Gasteiger partial charge < -0.3 is 14.6 Å². The number of halogens is 3. The number of rotatable bonds is 5. The Morgan fingerprint density at radius 3 is 2.86 bits per heavy atom. The lowest BCUT2D eigenvalue weighted by Gasteiger charge is -2.24. The average Bonchev–Trinajstić information content (AvgIpc) is 3.38. The fourth-order valence-electron chi connectivity index (χ4n) is 3.17. The van der Waals surface area contributed by atoms with Crippen LogP contribution >= 0.6 is 23.1 Å². The highest BCUT2D eigenvalue weighted by Gasteiger charge is 2.36. The zero-order chi connectivity index (χ0) is 19.9. The summed E-state index contributed by atoms with van der Waals surface area (Å²) < 4.78 is 57.5. The maximum Gasteiger partial charge on any atom is 0.573 e. The van der Waals surface area contributed by atoms with Gasteiger partial charge in [0, 0.05) is 30.9 Å². The Bertz CT molecular complexity index is 890. The topological polar surface area (TPSA) is 59.9 Å². The number of fused-ring (bicyclic) bond motifs is 1. The van der Waals surface area contributed by atoms with Gasteiger partial charge in [0.15, 0.2) is 0 Å². The molecule has 2 aliphatic rings. The molecule has 2 aliphatic heterocycles. The van der Waals surface area contributed by atoms with Crippen LogP contribution in [0, 0.1) is 0 Å². The van der Waals surface area contributed by atoms with Crippen LogP contribution in [0.5, 0.6) is 5.75 Å². The molecule has 5 nitrogen and oxygen atoms in total. The monoisotopic (exact) mass is 447 g/mol. The minimum absolute atomic E-state index is 0.0917. The molecule has 0 fully saturated rings. The number of ether oxygens (including phenoxy) is 1. The molecular weight excluding hydrogens is 431 g/mol. The second-order valence-electron chi connectivity index (χ2n) is 6.17. The van der Waals surface area contributed by atoms with E-state index in [2.05, 4.69) is 15.0 Å². The summed E-state index contributed by atoms with van der Waals surface area (Å²) in [4.78, 5) is 4.47. The van der Waals surface area contributed by atoms with Crippen molar-refractivity contribution in [2.45, 2.75) is 23.0 Å². The maximum atomic E-state index is 12.9. The SMILES string of the molecule is CN(c1cc(OC(F)(F)F)cc2c1NC(C1=NCCS1)C2)[S+]([O-])c1cccs1. The van der Waals surface area contributed by atoms with Gasteiger partial charge >= 0.3 is 6.36 Å². The van der Waals surface area contributed by atoms with Gasteiger partial charge in [0.05, 0.1) is 23.8 Å². The van der Waals surface area contributed by atoms with E-state index in [4.69, 9.17) is 0 Å². The Labute approximate surface area is 171 Å². The lowest BCUT2D eigenvalue weighted by Crippen LogP contribution is -2.28. The molecule has 2 aromatic rings. The molecule has 1 aromatic heterocycles. The molecule has 150 valence electrons. The average molecular weight is 448 g/mol. The molecule has 11 heteroatoms. The number of aliphatic imine (C=N–C) groups is 1. The number of nitrogens with zero attached hydrogens (tertiary/aromatic N) is 2. The van der Waals surface area contributed by atoms with E-state index in [9.17, 15) is 17.7 Å². The van der Waals surface area contributed by atoms with Gasteiger partial charge in [-0.15, -0.1) is 24.9 Å². The van der Waals surface area contributed by atoms with Crippen LogP contribution in [0.3, 0.4) is 0 Å². The number of benzene rings is 1. The van der Waals surface area contributed by atoms with Crippen molar-refractivity contribution >= 4 is 50.9 Å². The van der Waals surface area contributed by atoms with Crippen LogP contribution in [0.4, 0.5) is 24.5 Å². The summed E-state index contributed by atoms with van der Waals surface area (Å²) in [5.74, 6) is 0.585. The number of anilines is 2. The minimum Gasteiger partial charge on any atom is -0.587 e. The fraction of sp³-hybridized carbons (Fsp3) is 0.353. The van der Waals surface area contributed by atoms with Crippen molar-refractivity contribution in [2.75, 3.05) is 29.0 Å². The van der Waals surface area contributed by atoms with Gasteiger partial charge in [-0.05, 0) is 23.1 Å². The standard InChI is InChI=1S/C17H16F3N3O2S3/c1-23(28(24)14-3-2-5-26-14)13-9-11(25-17(18,19)20)7-10-8-12(22-15(10)13)16-21-4-6-27-16/h2-3,5,7,9,12,22H,4,6,8H2,1H3. The highest BCUT2D eigenvalue weighted by Crippen LogP contribution is 2.43. The van der Waals surface area contributed by atoms with Gasteiger partial charge in [-0.25, -0.2) is 0 Å². The van der Waals surface area contributed by atoms with E-state index in [1.54, 1.807) is 36.3 Å². The zero-order valence-corrected chi connectivity index (χ0v) is 17.1. The number of alkyl halides is 3. The number of thioether (sulfide) groups is 1. The van der Waals surface area contributed by atoms with Crippen molar-refractivity contribution in [1.29, 1.82) is 0 Å². The first-order valence-electron chi connectivity index (χ1n) is 8.37. The lowest BCUT2D eigenvalue weighted by molar-refractivity contribution is -0.274. The molecule has 0 spiro atoms. The highest BCUT2D eigenvalue weighted by atomic mass is 32.2. The number of hydrogen-bond acceptors (Lipinski definition) is 7. The van der Waals surface area contributed by atoms with E-state index in [1.807, 2.05) is 0 Å². The van der Waals surface area contributed by atoms with E-state index >= 15 is 0 Å². The maximum absolute atomic E-state index is 12.9. The lowest BCUT2D eigenvalue weighted by atomic mass is 10.1. The van der Waals surface area contributed by atoms with Crippen molar-refractivity contribution < 1.29 is 22.5 Å². The molecule has 2 unspecified atom stereocenters. The first-order chi connectivity index (χ1) is 13.3. The van der Waals surface area contributed by atoms with Crippen molar-refractivity contribution in [1.82, 2.24) is 0 Å². The Hall–Kier alpha value is -1.56. The second-order valence-corrected chi connectivity index (χ2v) is 9.98. The van der Waals surface area contributed by atoms with Crippen LogP contribution in [-0.4, -0.2) is 41.3 Å². The van der Waals surface area contributed by atoms with Gasteiger partial charge in [-0.2, -0.15) is 4.31 Å². The summed E-state index contributed by atoms with van der Waals surface area (Å²) in [6.45, 7) is 0.742. The van der Waals surface area contributed by atoms with E-state index in [0.717, 1.165) is 17.3 Å². The van der Waals surface area contributed by atoms with E-state index in [1.165, 1.54) is 27.8 Å². The third-order valence-electron chi connectivity index (χ3n) is 4.31. The largest absolute Gasteiger partial charge is 0.587 e. The summed E-state index contributed by atoms with van der Waals surface area (Å²) >= 11 is 1.43. The van der Waals surface area contributed by atoms with Gasteiger partial charge in [-0.1, -0.05) is 11.3 Å². The van der Waals surface area contributed by atoms with Crippen LogP contribution in [0.2, 0.25) is 0 Å². The summed E-state index contributed by atoms with van der Waals surface area (Å²) in [5.41, 5.74) is 1.75. The number of hydrogen-bond donors (Lipinski definition) is 1. The fourth-order valence-corrected chi connectivity index (χ4v) is 6.15. The van der Waals surface area contributed by atoms with E-state index in [0.29, 0.717) is 27.6 Å². The molecule has 4 rings (SSSR count). The van der Waals surface area contributed by atoms with Crippen LogP contribution < -0.4 is 14.4 Å². The Kier molecular flexibility index (Phi) is 5.43. The van der Waals surface area contributed by atoms with Gasteiger partial charge in [0.1, 0.15) is 22.8 Å². The third-order valence-corrected chi connectivity index (χ3v) is 7.96. The van der Waals surface area contributed by atoms with Crippen LogP contribution in [0.15, 0.2) is 38.8 Å². The van der Waals surface area contributed by atoms with Crippen LogP contribution in [-0.2, 0) is 17.8 Å². The molecule has 0 amide bonds. The molecular formula is C17H16F3N3O2S3. The molecule has 1 N–H and O–H groups in total. The second kappa shape index (κ2) is 7.69. The number of thiophene rings is 1. The molecule has 0 saturated heterocycles.